The number of anilines is 4. The summed E-state index contributed by atoms with van der Waals surface area (Å²) in [4.78, 5) is 36.4. The summed E-state index contributed by atoms with van der Waals surface area (Å²) in [6.45, 7) is 5.67. The normalized spacial score (nSPS) is 18.8. The van der Waals surface area contributed by atoms with Crippen LogP contribution in [-0.2, 0) is 9.59 Å². The number of hydrogen-bond acceptors (Lipinski definition) is 6. The molecule has 1 aromatic carbocycles. The predicted molar refractivity (Wildman–Crippen MR) is 113 cm³/mol. The van der Waals surface area contributed by atoms with Crippen LogP contribution in [0.25, 0.3) is 0 Å². The number of rotatable bonds is 3. The zero-order valence-corrected chi connectivity index (χ0v) is 16.8. The number of nitrogens with one attached hydrogen (secondary N) is 2. The molecule has 8 nitrogen and oxygen atoms in total. The monoisotopic (exact) mass is 394 g/mol. The molecule has 152 valence electrons. The van der Waals surface area contributed by atoms with Crippen molar-refractivity contribution >= 4 is 35.1 Å². The Balaban J connectivity index is 1.64. The third-order valence-corrected chi connectivity index (χ3v) is 5.40. The fourth-order valence-electron chi connectivity index (χ4n) is 4.12. The lowest BCUT2D eigenvalue weighted by Gasteiger charge is -2.30. The average molecular weight is 394 g/mol. The Morgan fingerprint density at radius 1 is 1.14 bits per heavy atom. The first-order chi connectivity index (χ1) is 13.9. The minimum Gasteiger partial charge on any atom is -0.383 e. The van der Waals surface area contributed by atoms with Gasteiger partial charge in [-0.25, -0.2) is 0 Å². The summed E-state index contributed by atoms with van der Waals surface area (Å²) in [5.41, 5.74) is 9.55. The van der Waals surface area contributed by atoms with E-state index in [1.165, 1.54) is 6.42 Å². The molecule has 1 fully saturated rings. The second kappa shape index (κ2) is 7.69. The molecule has 2 amide bonds. The van der Waals surface area contributed by atoms with Crippen LogP contribution in [0, 0.1) is 13.8 Å². The van der Waals surface area contributed by atoms with E-state index in [1.54, 1.807) is 0 Å². The summed E-state index contributed by atoms with van der Waals surface area (Å²) in [6, 6.07) is 5.83. The van der Waals surface area contributed by atoms with Crippen molar-refractivity contribution in [2.75, 3.05) is 34.4 Å². The smallest absolute Gasteiger partial charge is 0.232 e. The summed E-state index contributed by atoms with van der Waals surface area (Å²) < 4.78 is 0. The van der Waals surface area contributed by atoms with Crippen LogP contribution >= 0.6 is 0 Å². The highest BCUT2D eigenvalue weighted by atomic mass is 16.2. The first-order valence-corrected chi connectivity index (χ1v) is 10.0. The summed E-state index contributed by atoms with van der Waals surface area (Å²) in [6.07, 6.45) is 3.36. The molecule has 1 saturated heterocycles. The number of aryl methyl sites for hydroxylation is 2. The van der Waals surface area contributed by atoms with Crippen molar-refractivity contribution in [3.8, 4) is 0 Å². The van der Waals surface area contributed by atoms with E-state index in [9.17, 15) is 9.59 Å². The van der Waals surface area contributed by atoms with E-state index < -0.39 is 5.92 Å². The number of aromatic nitrogens is 2. The minimum absolute atomic E-state index is 0.0141. The Bertz CT molecular complexity index is 948. The van der Waals surface area contributed by atoms with Gasteiger partial charge in [0.2, 0.25) is 17.8 Å². The van der Waals surface area contributed by atoms with Gasteiger partial charge in [0, 0.05) is 25.2 Å². The molecule has 1 aromatic heterocycles. The van der Waals surface area contributed by atoms with Gasteiger partial charge in [0.1, 0.15) is 11.6 Å². The molecule has 0 unspecified atom stereocenters. The summed E-state index contributed by atoms with van der Waals surface area (Å²) in [5, 5.41) is 5.69. The standard InChI is InChI=1S/C21H26N6O2/c1-12-8-13(2)10-14(9-12)23-20(29)15-11-16(28)24-19-17(15)18(22)25-21(26-19)27-6-4-3-5-7-27/h8-10,15H,3-7,11H2,1-2H3,(H,23,29)(H3,22,24,25,26,28)/t15-/m0/s1. The van der Waals surface area contributed by atoms with Crippen LogP contribution < -0.4 is 21.3 Å². The highest BCUT2D eigenvalue weighted by molar-refractivity contribution is 6.05. The predicted octanol–water partition coefficient (Wildman–Crippen LogP) is 2.73. The molecule has 4 rings (SSSR count). The van der Waals surface area contributed by atoms with Crippen molar-refractivity contribution in [1.82, 2.24) is 9.97 Å². The molecular weight excluding hydrogens is 368 g/mol. The van der Waals surface area contributed by atoms with Crippen molar-refractivity contribution < 1.29 is 9.59 Å². The maximum atomic E-state index is 13.0. The molecule has 8 heteroatoms. The van der Waals surface area contributed by atoms with Crippen molar-refractivity contribution in [1.29, 1.82) is 0 Å². The molecule has 0 spiro atoms. The summed E-state index contributed by atoms with van der Waals surface area (Å²) >= 11 is 0. The molecule has 4 N–H and O–H groups in total. The van der Waals surface area contributed by atoms with Gasteiger partial charge in [-0.1, -0.05) is 6.07 Å². The van der Waals surface area contributed by atoms with E-state index in [2.05, 4.69) is 25.5 Å². The van der Waals surface area contributed by atoms with Gasteiger partial charge >= 0.3 is 0 Å². The van der Waals surface area contributed by atoms with Crippen LogP contribution in [0.2, 0.25) is 0 Å². The highest BCUT2D eigenvalue weighted by Gasteiger charge is 2.35. The molecule has 0 radical (unpaired) electrons. The number of carbonyl (C=O) groups excluding carboxylic acids is 2. The molecule has 2 aliphatic heterocycles. The molecule has 0 saturated carbocycles. The molecule has 29 heavy (non-hydrogen) atoms. The second-order valence-electron chi connectivity index (χ2n) is 7.89. The lowest BCUT2D eigenvalue weighted by atomic mass is 9.91. The Labute approximate surface area is 169 Å². The number of nitrogen functional groups attached to an aromatic ring is 1. The largest absolute Gasteiger partial charge is 0.383 e. The van der Waals surface area contributed by atoms with Gasteiger partial charge in [0.05, 0.1) is 11.5 Å². The van der Waals surface area contributed by atoms with Crippen molar-refractivity contribution in [3.63, 3.8) is 0 Å². The SMILES string of the molecule is Cc1cc(C)cc(NC(=O)[C@H]2CC(=O)Nc3nc(N4CCCCC4)nc(N)c32)c1. The zero-order chi connectivity index (χ0) is 20.5. The Morgan fingerprint density at radius 2 is 1.83 bits per heavy atom. The van der Waals surface area contributed by atoms with E-state index in [1.807, 2.05) is 32.0 Å². The van der Waals surface area contributed by atoms with E-state index >= 15 is 0 Å². The zero-order valence-electron chi connectivity index (χ0n) is 16.8. The van der Waals surface area contributed by atoms with Gasteiger partial charge in [0.15, 0.2) is 0 Å². The molecule has 2 aromatic rings. The number of carbonyl (C=O) groups is 2. The van der Waals surface area contributed by atoms with E-state index in [0.717, 1.165) is 37.1 Å². The van der Waals surface area contributed by atoms with Crippen LogP contribution in [0.1, 0.15) is 48.3 Å². The lowest BCUT2D eigenvalue weighted by molar-refractivity contribution is -0.123. The summed E-state index contributed by atoms with van der Waals surface area (Å²) in [7, 11) is 0. The van der Waals surface area contributed by atoms with E-state index in [0.29, 0.717) is 23.0 Å². The van der Waals surface area contributed by atoms with Gasteiger partial charge in [0.25, 0.3) is 0 Å². The maximum Gasteiger partial charge on any atom is 0.232 e. The quantitative estimate of drug-likeness (QED) is 0.738. The van der Waals surface area contributed by atoms with Crippen LogP contribution in [0.15, 0.2) is 18.2 Å². The average Bonchev–Trinajstić information content (AvgIpc) is 2.66. The van der Waals surface area contributed by atoms with Gasteiger partial charge in [-0.3, -0.25) is 9.59 Å². The van der Waals surface area contributed by atoms with Gasteiger partial charge in [-0.15, -0.1) is 0 Å². The molecule has 2 aliphatic rings. The van der Waals surface area contributed by atoms with Crippen LogP contribution in [0.5, 0.6) is 0 Å². The van der Waals surface area contributed by atoms with Gasteiger partial charge in [-0.2, -0.15) is 9.97 Å². The molecule has 0 bridgehead atoms. The fourth-order valence-corrected chi connectivity index (χ4v) is 4.12. The Hall–Kier alpha value is -3.16. The number of benzene rings is 1. The number of fused-ring (bicyclic) bond motifs is 1. The number of hydrogen-bond donors (Lipinski definition) is 3. The summed E-state index contributed by atoms with van der Waals surface area (Å²) in [5.74, 6) is -0.162. The van der Waals surface area contributed by atoms with Gasteiger partial charge < -0.3 is 21.3 Å². The van der Waals surface area contributed by atoms with Gasteiger partial charge in [-0.05, 0) is 56.4 Å². The molecule has 3 heterocycles. The second-order valence-corrected chi connectivity index (χ2v) is 7.89. The van der Waals surface area contributed by atoms with Crippen molar-refractivity contribution in [2.24, 2.45) is 0 Å². The third kappa shape index (κ3) is 4.01. The fraction of sp³-hybridized carbons (Fsp3) is 0.429. The van der Waals surface area contributed by atoms with Crippen molar-refractivity contribution in [3.05, 3.63) is 34.9 Å². The van der Waals surface area contributed by atoms with Crippen LogP contribution in [0.3, 0.4) is 0 Å². The third-order valence-electron chi connectivity index (χ3n) is 5.40. The Morgan fingerprint density at radius 3 is 2.52 bits per heavy atom. The van der Waals surface area contributed by atoms with E-state index in [-0.39, 0.29) is 24.1 Å². The molecule has 0 aliphatic carbocycles. The maximum absolute atomic E-state index is 13.0. The first kappa shape index (κ1) is 19.2. The Kier molecular flexibility index (Phi) is 5.08. The highest BCUT2D eigenvalue weighted by Crippen LogP contribution is 2.37. The number of amides is 2. The number of piperidine rings is 1. The minimum atomic E-state index is -0.727. The number of nitrogens with two attached hydrogens (primary N) is 1. The number of nitrogens with zero attached hydrogens (tertiary/aromatic N) is 3. The van der Waals surface area contributed by atoms with Crippen LogP contribution in [-0.4, -0.2) is 34.9 Å². The molecular formula is C21H26N6O2. The topological polar surface area (TPSA) is 113 Å². The van der Waals surface area contributed by atoms with Crippen molar-refractivity contribution in [2.45, 2.75) is 45.4 Å². The van der Waals surface area contributed by atoms with Crippen LogP contribution in [0.4, 0.5) is 23.3 Å². The van der Waals surface area contributed by atoms with E-state index in [4.69, 9.17) is 5.73 Å². The first-order valence-electron chi connectivity index (χ1n) is 10.0. The molecule has 1 atom stereocenters. The lowest BCUT2D eigenvalue weighted by Crippen LogP contribution is -2.35.